The van der Waals surface area contributed by atoms with Crippen LogP contribution in [0.1, 0.15) is 35.4 Å². The number of piperidine rings is 1. The minimum Gasteiger partial charge on any atom is -0.655 e. The van der Waals surface area contributed by atoms with Gasteiger partial charge in [-0.15, -0.1) is 12.1 Å². The van der Waals surface area contributed by atoms with E-state index in [4.69, 9.17) is 0 Å². The summed E-state index contributed by atoms with van der Waals surface area (Å²) in [6.45, 7) is -3.82. The van der Waals surface area contributed by atoms with Crippen LogP contribution in [0.4, 0.5) is 10.5 Å². The van der Waals surface area contributed by atoms with Gasteiger partial charge in [0, 0.05) is 70.5 Å². The van der Waals surface area contributed by atoms with Crippen LogP contribution in [0.25, 0.3) is 5.32 Å². The Morgan fingerprint density at radius 2 is 1.18 bits per heavy atom. The minimum atomic E-state index is -1.56. The normalized spacial score (nSPS) is 18.9. The third-order valence-electron chi connectivity index (χ3n) is 9.35. The van der Waals surface area contributed by atoms with Crippen LogP contribution in [0.5, 0.6) is 0 Å². The number of hydrogen-bond acceptors (Lipinski definition) is 13. The number of carbonyl (C=O) groups excluding carboxylic acids is 7. The number of carboxylic acid groups (broad SMARTS) is 4. The zero-order valence-electron chi connectivity index (χ0n) is 29.8. The van der Waals surface area contributed by atoms with Gasteiger partial charge in [0.25, 0.3) is 5.91 Å². The first kappa shape index (κ1) is 43.8. The quantitative estimate of drug-likeness (QED) is 0.119. The van der Waals surface area contributed by atoms with Gasteiger partial charge < -0.3 is 55.6 Å². The van der Waals surface area contributed by atoms with E-state index >= 15 is 0 Å². The van der Waals surface area contributed by atoms with Gasteiger partial charge in [-0.25, -0.2) is 4.79 Å². The Balaban J connectivity index is 0.00000696. The number of anilines is 1. The molecular weight excluding hydrogens is 875 g/mol. The van der Waals surface area contributed by atoms with Crippen molar-refractivity contribution >= 4 is 47.4 Å². The summed E-state index contributed by atoms with van der Waals surface area (Å²) in [6.07, 6.45) is 0.546. The molecule has 0 aromatic heterocycles. The van der Waals surface area contributed by atoms with Gasteiger partial charge in [-0.1, -0.05) is 85.6 Å². The van der Waals surface area contributed by atoms with Crippen molar-refractivity contribution in [3.63, 3.8) is 0 Å². The third kappa shape index (κ3) is 11.3. The standard InChI is InChI=1S/C38H41N6O11.Tb/c45-31(19-44-36(54)38(41-37(44)55,26-9-3-1-4-10-26)27-11-5-2-6-12-27)40-28-13-7-8-24(14-28)25-15-29(17-42(20-32(46)47)21-33(48)49)39-30(16-25)18-43(22-34(50)51)23-35(52)53;/h1-14,25,29-30H,15-23H2,(H,40,45)(H,41,55)(H,46,47)(H,48,49)(H,50,51)(H,52,53);/q-1;/p-4. The van der Waals surface area contributed by atoms with Crippen molar-refractivity contribution in [1.29, 1.82) is 0 Å². The zero-order valence-corrected chi connectivity index (χ0v) is 31.9. The maximum atomic E-state index is 14.0. The first-order chi connectivity index (χ1) is 26.2. The Hall–Kier alpha value is -4.88. The number of amides is 4. The molecule has 2 fully saturated rings. The predicted molar refractivity (Wildman–Crippen MR) is 185 cm³/mol. The van der Waals surface area contributed by atoms with Crippen molar-refractivity contribution in [2.45, 2.75) is 36.4 Å². The van der Waals surface area contributed by atoms with Crippen molar-refractivity contribution in [3.8, 4) is 0 Å². The van der Waals surface area contributed by atoms with Gasteiger partial charge in [0.1, 0.15) is 6.54 Å². The van der Waals surface area contributed by atoms with E-state index in [0.29, 0.717) is 22.4 Å². The number of aliphatic carboxylic acids is 4. The second-order valence-corrected chi connectivity index (χ2v) is 13.4. The Morgan fingerprint density at radius 3 is 1.62 bits per heavy atom. The summed E-state index contributed by atoms with van der Waals surface area (Å²) >= 11 is 0. The van der Waals surface area contributed by atoms with Gasteiger partial charge in [0.15, 0.2) is 5.54 Å². The van der Waals surface area contributed by atoms with E-state index < -0.39 is 92.1 Å². The van der Waals surface area contributed by atoms with Crippen LogP contribution in [0.15, 0.2) is 84.9 Å². The molecule has 2 atom stereocenters. The van der Waals surface area contributed by atoms with Crippen molar-refractivity contribution in [2.75, 3.05) is 51.1 Å². The first-order valence-corrected chi connectivity index (χ1v) is 17.3. The van der Waals surface area contributed by atoms with Crippen LogP contribution in [-0.4, -0.2) is 114 Å². The third-order valence-corrected chi connectivity index (χ3v) is 9.35. The molecule has 0 aliphatic carbocycles. The molecule has 2 saturated heterocycles. The maximum absolute atomic E-state index is 14.0. The molecule has 4 amide bonds. The number of urea groups is 1. The maximum Gasteiger partial charge on any atom is 0.326 e. The predicted octanol–water partition coefficient (Wildman–Crippen LogP) is -3.29. The summed E-state index contributed by atoms with van der Waals surface area (Å²) in [5, 5.41) is 55.7. The first-order valence-electron chi connectivity index (χ1n) is 17.3. The molecule has 2 unspecified atom stereocenters. The van der Waals surface area contributed by atoms with Gasteiger partial charge in [0.2, 0.25) is 5.91 Å². The number of carbonyl (C=O) groups is 7. The number of imide groups is 1. The molecule has 18 heteroatoms. The van der Waals surface area contributed by atoms with Crippen molar-refractivity contribution < 1.29 is 92.6 Å². The number of hydrogen-bond donors (Lipinski definition) is 2. The summed E-state index contributed by atoms with van der Waals surface area (Å²) in [7, 11) is 0. The summed E-state index contributed by atoms with van der Waals surface area (Å²) in [4.78, 5) is 89.2. The molecule has 56 heavy (non-hydrogen) atoms. The van der Waals surface area contributed by atoms with E-state index in [1.807, 2.05) is 0 Å². The van der Waals surface area contributed by atoms with Crippen LogP contribution in [-0.2, 0) is 34.3 Å². The Kier molecular flexibility index (Phi) is 15.5. The number of rotatable bonds is 18. The second kappa shape index (κ2) is 19.8. The van der Waals surface area contributed by atoms with Gasteiger partial charge in [-0.05, 0) is 47.8 Å². The molecule has 2 N–H and O–H groups in total. The molecule has 2 aliphatic rings. The topological polar surface area (TPSA) is 260 Å². The average Bonchev–Trinajstić information content (AvgIpc) is 3.37. The number of nitrogens with zero attached hydrogens (tertiary/aromatic N) is 4. The van der Waals surface area contributed by atoms with E-state index in [2.05, 4.69) is 16.0 Å². The van der Waals surface area contributed by atoms with Gasteiger partial charge in [-0.3, -0.25) is 24.3 Å². The summed E-state index contributed by atoms with van der Waals surface area (Å²) in [5.74, 6) is -7.79. The van der Waals surface area contributed by atoms with Crippen LogP contribution in [0.2, 0.25) is 0 Å². The summed E-state index contributed by atoms with van der Waals surface area (Å²) in [5.41, 5.74) is 0.441. The Bertz CT molecular complexity index is 1800. The largest absolute Gasteiger partial charge is 0.655 e. The van der Waals surface area contributed by atoms with Crippen LogP contribution in [0, 0.1) is 38.6 Å². The van der Waals surface area contributed by atoms with Crippen molar-refractivity contribution in [1.82, 2.24) is 20.0 Å². The number of benzene rings is 3. The van der Waals surface area contributed by atoms with Crippen molar-refractivity contribution in [3.05, 3.63) is 107 Å². The van der Waals surface area contributed by atoms with Crippen LogP contribution < -0.4 is 31.1 Å². The fraction of sp³-hybridized carbons (Fsp3) is 0.342. The molecule has 2 heterocycles. The molecule has 2 aliphatic heterocycles. The SMILES string of the molecule is O=C([O-])CN(CC(=O)[O-])CC1CC(c2cccc(NC(=O)CN3C(=O)NC(c4ccccc4)(c4ccccc4)C3=O)c2)CC(CN(CC(=O)[O-])CC(=O)[O-])[N-]1.[Tb]. The molecule has 3 aromatic carbocycles. The molecule has 0 saturated carbocycles. The van der Waals surface area contributed by atoms with Crippen LogP contribution >= 0.6 is 0 Å². The van der Waals surface area contributed by atoms with Crippen molar-refractivity contribution in [2.24, 2.45) is 0 Å². The summed E-state index contributed by atoms with van der Waals surface area (Å²) in [6, 6.07) is 21.9. The van der Waals surface area contributed by atoms with Crippen LogP contribution in [0.3, 0.4) is 0 Å². The molecule has 17 nitrogen and oxygen atoms in total. The zero-order chi connectivity index (χ0) is 39.7. The van der Waals surface area contributed by atoms with E-state index in [1.165, 1.54) is 0 Å². The Labute approximate surface area is 352 Å². The fourth-order valence-electron chi connectivity index (χ4n) is 7.25. The molecule has 1 radical (unpaired) electrons. The van der Waals surface area contributed by atoms with E-state index in [1.54, 1.807) is 84.9 Å². The molecule has 5 rings (SSSR count). The molecule has 299 valence electrons. The molecule has 0 spiro atoms. The smallest absolute Gasteiger partial charge is 0.326 e. The average molecular weight is 913 g/mol. The molecular formula is C38H37N6O11Tb-5. The monoisotopic (exact) mass is 912 g/mol. The van der Waals surface area contributed by atoms with E-state index in [-0.39, 0.29) is 70.5 Å². The minimum absolute atomic E-state index is 0. The van der Waals surface area contributed by atoms with E-state index in [9.17, 15) is 54.0 Å². The van der Waals surface area contributed by atoms with Gasteiger partial charge >= 0.3 is 6.03 Å². The summed E-state index contributed by atoms with van der Waals surface area (Å²) < 4.78 is 0. The molecule has 3 aromatic rings. The fourth-order valence-corrected chi connectivity index (χ4v) is 7.25. The van der Waals surface area contributed by atoms with Gasteiger partial charge in [0.05, 0.1) is 23.9 Å². The Morgan fingerprint density at radius 1 is 0.714 bits per heavy atom. The molecule has 0 bridgehead atoms. The second-order valence-electron chi connectivity index (χ2n) is 13.4. The number of nitrogens with one attached hydrogen (secondary N) is 2. The number of carboxylic acids is 4. The van der Waals surface area contributed by atoms with E-state index in [0.717, 1.165) is 14.7 Å². The van der Waals surface area contributed by atoms with Gasteiger partial charge in [-0.2, -0.15) is 0 Å².